The molecule has 4 heteroatoms. The Balaban J connectivity index is 2.08. The SMILES string of the molecule is COC(C)(C)CCC(=O)c1cnc2ccsc2c1. The van der Waals surface area contributed by atoms with Crippen LogP contribution in [0.1, 0.15) is 37.0 Å². The van der Waals surface area contributed by atoms with Crippen LogP contribution in [0.2, 0.25) is 0 Å². The Hall–Kier alpha value is -1.26. The van der Waals surface area contributed by atoms with Crippen LogP contribution in [0.3, 0.4) is 0 Å². The molecule has 2 aromatic heterocycles. The highest BCUT2D eigenvalue weighted by atomic mass is 32.1. The largest absolute Gasteiger partial charge is 0.379 e. The number of hydrogen-bond acceptors (Lipinski definition) is 4. The minimum Gasteiger partial charge on any atom is -0.379 e. The zero-order chi connectivity index (χ0) is 13.2. The summed E-state index contributed by atoms with van der Waals surface area (Å²) in [7, 11) is 1.67. The Morgan fingerprint density at radius 1 is 1.50 bits per heavy atom. The van der Waals surface area contributed by atoms with E-state index in [2.05, 4.69) is 4.98 Å². The lowest BCUT2D eigenvalue weighted by Gasteiger charge is -2.22. The van der Waals surface area contributed by atoms with E-state index in [4.69, 9.17) is 4.74 Å². The van der Waals surface area contributed by atoms with E-state index in [-0.39, 0.29) is 11.4 Å². The molecule has 3 nitrogen and oxygen atoms in total. The zero-order valence-electron chi connectivity index (χ0n) is 10.9. The van der Waals surface area contributed by atoms with Gasteiger partial charge in [0, 0.05) is 25.3 Å². The average molecular weight is 263 g/mol. The first-order chi connectivity index (χ1) is 8.52. The summed E-state index contributed by atoms with van der Waals surface area (Å²) in [6.07, 6.45) is 2.86. The Bertz CT molecular complexity index is 560. The quantitative estimate of drug-likeness (QED) is 0.772. The third-order valence-corrected chi connectivity index (χ3v) is 3.98. The van der Waals surface area contributed by atoms with Gasteiger partial charge < -0.3 is 4.74 Å². The molecule has 0 atom stereocenters. The third kappa shape index (κ3) is 2.94. The van der Waals surface area contributed by atoms with E-state index < -0.39 is 0 Å². The Morgan fingerprint density at radius 3 is 3.00 bits per heavy atom. The van der Waals surface area contributed by atoms with E-state index in [1.165, 1.54) is 0 Å². The van der Waals surface area contributed by atoms with Gasteiger partial charge in [-0.3, -0.25) is 9.78 Å². The lowest BCUT2D eigenvalue weighted by molar-refractivity contribution is 0.0141. The molecule has 2 aromatic rings. The number of rotatable bonds is 5. The van der Waals surface area contributed by atoms with Gasteiger partial charge in [-0.25, -0.2) is 0 Å². The third-order valence-electron chi connectivity index (χ3n) is 3.13. The van der Waals surface area contributed by atoms with Crippen molar-refractivity contribution in [3.05, 3.63) is 29.3 Å². The van der Waals surface area contributed by atoms with E-state index in [9.17, 15) is 4.79 Å². The molecule has 0 radical (unpaired) electrons. The smallest absolute Gasteiger partial charge is 0.164 e. The van der Waals surface area contributed by atoms with Gasteiger partial charge in [-0.2, -0.15) is 0 Å². The van der Waals surface area contributed by atoms with Crippen molar-refractivity contribution >= 4 is 27.3 Å². The maximum atomic E-state index is 12.1. The molecule has 96 valence electrons. The predicted octanol–water partition coefficient (Wildman–Crippen LogP) is 3.68. The summed E-state index contributed by atoms with van der Waals surface area (Å²) >= 11 is 1.61. The van der Waals surface area contributed by atoms with E-state index >= 15 is 0 Å². The highest BCUT2D eigenvalue weighted by Gasteiger charge is 2.18. The van der Waals surface area contributed by atoms with Gasteiger partial charge in [-0.15, -0.1) is 11.3 Å². The summed E-state index contributed by atoms with van der Waals surface area (Å²) in [4.78, 5) is 16.4. The topological polar surface area (TPSA) is 39.2 Å². The molecule has 0 aliphatic carbocycles. The molecule has 0 spiro atoms. The van der Waals surface area contributed by atoms with Gasteiger partial charge in [0.2, 0.25) is 0 Å². The monoisotopic (exact) mass is 263 g/mol. The van der Waals surface area contributed by atoms with Crippen molar-refractivity contribution in [2.24, 2.45) is 0 Å². The molecule has 0 amide bonds. The lowest BCUT2D eigenvalue weighted by atomic mass is 9.98. The average Bonchev–Trinajstić information content (AvgIpc) is 2.83. The normalized spacial score (nSPS) is 11.9. The number of carbonyl (C=O) groups is 1. The summed E-state index contributed by atoms with van der Waals surface area (Å²) in [5.41, 5.74) is 1.39. The van der Waals surface area contributed by atoms with Gasteiger partial charge in [-0.1, -0.05) is 0 Å². The van der Waals surface area contributed by atoms with Crippen molar-refractivity contribution in [1.82, 2.24) is 4.98 Å². The minimum atomic E-state index is -0.254. The first-order valence-electron chi connectivity index (χ1n) is 5.93. The van der Waals surface area contributed by atoms with Crippen LogP contribution >= 0.6 is 11.3 Å². The molecule has 0 aliphatic rings. The van der Waals surface area contributed by atoms with Crippen molar-refractivity contribution < 1.29 is 9.53 Å². The second kappa shape index (κ2) is 5.16. The van der Waals surface area contributed by atoms with Crippen molar-refractivity contribution in [3.8, 4) is 0 Å². The molecular weight excluding hydrogens is 246 g/mol. The van der Waals surface area contributed by atoms with Gasteiger partial charge in [0.1, 0.15) is 0 Å². The molecule has 0 unspecified atom stereocenters. The van der Waals surface area contributed by atoms with Gasteiger partial charge in [0.25, 0.3) is 0 Å². The number of fused-ring (bicyclic) bond motifs is 1. The van der Waals surface area contributed by atoms with Gasteiger partial charge >= 0.3 is 0 Å². The number of methoxy groups -OCH3 is 1. The molecule has 0 saturated heterocycles. The molecule has 18 heavy (non-hydrogen) atoms. The number of thiophene rings is 1. The number of nitrogens with zero attached hydrogens (tertiary/aromatic N) is 1. The Morgan fingerprint density at radius 2 is 2.28 bits per heavy atom. The maximum Gasteiger partial charge on any atom is 0.164 e. The second-order valence-electron chi connectivity index (χ2n) is 4.91. The van der Waals surface area contributed by atoms with Crippen molar-refractivity contribution in [2.75, 3.05) is 7.11 Å². The van der Waals surface area contributed by atoms with E-state index in [0.29, 0.717) is 18.4 Å². The first kappa shape index (κ1) is 13.2. The molecule has 0 N–H and O–H groups in total. The van der Waals surface area contributed by atoms with Crippen LogP contribution in [-0.4, -0.2) is 23.5 Å². The number of pyridine rings is 1. The van der Waals surface area contributed by atoms with Crippen molar-refractivity contribution in [3.63, 3.8) is 0 Å². The van der Waals surface area contributed by atoms with Crippen molar-refractivity contribution in [1.29, 1.82) is 0 Å². The summed E-state index contributed by atoms with van der Waals surface area (Å²) in [5.74, 6) is 0.128. The number of hydrogen-bond donors (Lipinski definition) is 0. The van der Waals surface area contributed by atoms with Gasteiger partial charge in [0.15, 0.2) is 5.78 Å². The van der Waals surface area contributed by atoms with Crippen LogP contribution in [0, 0.1) is 0 Å². The highest BCUT2D eigenvalue weighted by Crippen LogP contribution is 2.22. The summed E-state index contributed by atoms with van der Waals surface area (Å²) in [5, 5.41) is 1.99. The van der Waals surface area contributed by atoms with Crippen LogP contribution in [0.4, 0.5) is 0 Å². The van der Waals surface area contributed by atoms with Crippen LogP contribution in [0.25, 0.3) is 10.2 Å². The van der Waals surface area contributed by atoms with Gasteiger partial charge in [-0.05, 0) is 37.8 Å². The van der Waals surface area contributed by atoms with Crippen LogP contribution in [0.5, 0.6) is 0 Å². The minimum absolute atomic E-state index is 0.128. The fraction of sp³-hybridized carbons (Fsp3) is 0.429. The van der Waals surface area contributed by atoms with Gasteiger partial charge in [0.05, 0.1) is 15.8 Å². The maximum absolute atomic E-state index is 12.1. The summed E-state index contributed by atoms with van der Waals surface area (Å²) < 4.78 is 6.38. The van der Waals surface area contributed by atoms with E-state index in [1.54, 1.807) is 24.6 Å². The van der Waals surface area contributed by atoms with E-state index in [1.807, 2.05) is 31.4 Å². The molecule has 2 heterocycles. The lowest BCUT2D eigenvalue weighted by Crippen LogP contribution is -2.23. The van der Waals surface area contributed by atoms with Crippen LogP contribution in [-0.2, 0) is 4.74 Å². The fourth-order valence-corrected chi connectivity index (χ4v) is 2.44. The standard InChI is InChI=1S/C14H17NO2S/c1-14(2,17-3)6-4-12(16)10-8-13-11(15-9-10)5-7-18-13/h5,7-9H,4,6H2,1-3H3. The molecule has 0 aliphatic heterocycles. The van der Waals surface area contributed by atoms with Crippen LogP contribution < -0.4 is 0 Å². The molecular formula is C14H17NO2S. The second-order valence-corrected chi connectivity index (χ2v) is 5.86. The first-order valence-corrected chi connectivity index (χ1v) is 6.81. The number of carbonyl (C=O) groups excluding carboxylic acids is 1. The fourth-order valence-electron chi connectivity index (χ4n) is 1.66. The van der Waals surface area contributed by atoms with Crippen LogP contribution in [0.15, 0.2) is 23.7 Å². The molecule has 2 rings (SSSR count). The Labute approximate surface area is 111 Å². The zero-order valence-corrected chi connectivity index (χ0v) is 11.7. The molecule has 0 saturated carbocycles. The molecule has 0 bridgehead atoms. The number of Topliss-reactive ketones (excluding diaryl/α,β-unsaturated/α-hetero) is 1. The predicted molar refractivity (Wildman–Crippen MR) is 74.3 cm³/mol. The number of ketones is 1. The Kier molecular flexibility index (Phi) is 3.78. The number of ether oxygens (including phenoxy) is 1. The van der Waals surface area contributed by atoms with Crippen molar-refractivity contribution in [2.45, 2.75) is 32.3 Å². The highest BCUT2D eigenvalue weighted by molar-refractivity contribution is 7.17. The summed E-state index contributed by atoms with van der Waals surface area (Å²) in [6, 6.07) is 3.89. The number of aromatic nitrogens is 1. The molecule has 0 fully saturated rings. The molecule has 0 aromatic carbocycles. The van der Waals surface area contributed by atoms with E-state index in [0.717, 1.165) is 10.2 Å². The summed E-state index contributed by atoms with van der Waals surface area (Å²) in [6.45, 7) is 3.97.